The summed E-state index contributed by atoms with van der Waals surface area (Å²) >= 11 is 0. The van der Waals surface area contributed by atoms with Gasteiger partial charge in [-0.3, -0.25) is 14.5 Å². The lowest BCUT2D eigenvalue weighted by Gasteiger charge is -2.26. The molecule has 1 fully saturated rings. The van der Waals surface area contributed by atoms with Gasteiger partial charge in [-0.2, -0.15) is 0 Å². The first-order valence-electron chi connectivity index (χ1n) is 10.7. The minimum atomic E-state index is -0.354. The van der Waals surface area contributed by atoms with Crippen molar-refractivity contribution in [2.75, 3.05) is 31.6 Å². The van der Waals surface area contributed by atoms with Crippen LogP contribution in [0.15, 0.2) is 65.3 Å². The van der Waals surface area contributed by atoms with Gasteiger partial charge >= 0.3 is 0 Å². The van der Waals surface area contributed by atoms with Gasteiger partial charge in [-0.25, -0.2) is 0 Å². The van der Waals surface area contributed by atoms with Gasteiger partial charge < -0.3 is 19.8 Å². The summed E-state index contributed by atoms with van der Waals surface area (Å²) in [6.45, 7) is 6.70. The predicted molar refractivity (Wildman–Crippen MR) is 122 cm³/mol. The smallest absolute Gasteiger partial charge is 0.291 e. The molecule has 0 atom stereocenters. The highest BCUT2D eigenvalue weighted by Crippen LogP contribution is 2.18. The lowest BCUT2D eigenvalue weighted by Crippen LogP contribution is -2.35. The molecular formula is C25H27N3O4. The van der Waals surface area contributed by atoms with E-state index in [1.165, 1.54) is 11.8 Å². The van der Waals surface area contributed by atoms with Crippen molar-refractivity contribution in [2.45, 2.75) is 20.0 Å². The van der Waals surface area contributed by atoms with Crippen molar-refractivity contribution in [1.29, 1.82) is 0 Å². The fourth-order valence-electron chi connectivity index (χ4n) is 3.55. The third-order valence-electron chi connectivity index (χ3n) is 5.48. The maximum atomic E-state index is 12.7. The number of ether oxygens (including phenoxy) is 1. The largest absolute Gasteiger partial charge is 0.459 e. The van der Waals surface area contributed by atoms with Gasteiger partial charge in [-0.05, 0) is 47.9 Å². The minimum Gasteiger partial charge on any atom is -0.459 e. The molecule has 0 radical (unpaired) electrons. The Balaban J connectivity index is 1.33. The fraction of sp³-hybridized carbons (Fsp3) is 0.280. The molecule has 32 heavy (non-hydrogen) atoms. The number of rotatable bonds is 7. The van der Waals surface area contributed by atoms with Gasteiger partial charge in [0, 0.05) is 37.4 Å². The number of aryl methyl sites for hydroxylation is 1. The first-order valence-corrected chi connectivity index (χ1v) is 10.7. The zero-order valence-corrected chi connectivity index (χ0v) is 18.1. The van der Waals surface area contributed by atoms with Crippen LogP contribution < -0.4 is 10.6 Å². The summed E-state index contributed by atoms with van der Waals surface area (Å²) in [6, 6.07) is 16.8. The fourth-order valence-corrected chi connectivity index (χ4v) is 3.55. The molecule has 0 spiro atoms. The average molecular weight is 434 g/mol. The van der Waals surface area contributed by atoms with Gasteiger partial charge in [-0.1, -0.05) is 30.3 Å². The Morgan fingerprint density at radius 1 is 0.969 bits per heavy atom. The van der Waals surface area contributed by atoms with Crippen molar-refractivity contribution in [2.24, 2.45) is 0 Å². The zero-order valence-electron chi connectivity index (χ0n) is 18.1. The molecule has 7 heteroatoms. The van der Waals surface area contributed by atoms with Crippen LogP contribution in [0.5, 0.6) is 0 Å². The number of furan rings is 1. The number of benzene rings is 2. The van der Waals surface area contributed by atoms with Crippen LogP contribution in [0, 0.1) is 6.92 Å². The van der Waals surface area contributed by atoms with E-state index in [1.807, 2.05) is 25.1 Å². The maximum Gasteiger partial charge on any atom is 0.291 e. The van der Waals surface area contributed by atoms with E-state index in [0.29, 0.717) is 17.8 Å². The minimum absolute atomic E-state index is 0.198. The van der Waals surface area contributed by atoms with E-state index in [2.05, 4.69) is 27.7 Å². The molecule has 2 heterocycles. The lowest BCUT2D eigenvalue weighted by atomic mass is 10.1. The van der Waals surface area contributed by atoms with Crippen LogP contribution in [-0.2, 0) is 17.8 Å². The van der Waals surface area contributed by atoms with Gasteiger partial charge in [-0.15, -0.1) is 0 Å². The first-order chi connectivity index (χ1) is 15.6. The van der Waals surface area contributed by atoms with Crippen LogP contribution in [0.4, 0.5) is 5.69 Å². The number of nitrogens with one attached hydrogen (secondary N) is 2. The number of carbonyl (C=O) groups excluding carboxylic acids is 2. The number of hydrogen-bond acceptors (Lipinski definition) is 5. The van der Waals surface area contributed by atoms with Crippen molar-refractivity contribution in [3.8, 4) is 0 Å². The highest BCUT2D eigenvalue weighted by atomic mass is 16.5. The molecule has 0 aliphatic carbocycles. The van der Waals surface area contributed by atoms with Crippen LogP contribution in [0.2, 0.25) is 0 Å². The van der Waals surface area contributed by atoms with Crippen molar-refractivity contribution in [3.63, 3.8) is 0 Å². The quantitative estimate of drug-likeness (QED) is 0.595. The van der Waals surface area contributed by atoms with Crippen molar-refractivity contribution in [3.05, 3.63) is 88.9 Å². The van der Waals surface area contributed by atoms with E-state index in [4.69, 9.17) is 9.15 Å². The van der Waals surface area contributed by atoms with Crippen molar-refractivity contribution in [1.82, 2.24) is 10.2 Å². The molecule has 1 aromatic heterocycles. The molecule has 1 saturated heterocycles. The molecule has 3 aromatic rings. The van der Waals surface area contributed by atoms with E-state index in [0.717, 1.165) is 44.0 Å². The molecule has 1 aliphatic heterocycles. The van der Waals surface area contributed by atoms with E-state index in [9.17, 15) is 9.59 Å². The zero-order chi connectivity index (χ0) is 22.3. The molecular weight excluding hydrogens is 406 g/mol. The molecule has 2 N–H and O–H groups in total. The van der Waals surface area contributed by atoms with Gasteiger partial charge in [0.15, 0.2) is 5.76 Å². The third kappa shape index (κ3) is 5.63. The second kappa shape index (κ2) is 10.3. The average Bonchev–Trinajstić information content (AvgIpc) is 3.36. The Bertz CT molecular complexity index is 1060. The molecule has 1 aliphatic rings. The Morgan fingerprint density at radius 2 is 1.72 bits per heavy atom. The van der Waals surface area contributed by atoms with E-state index in [-0.39, 0.29) is 17.6 Å². The summed E-state index contributed by atoms with van der Waals surface area (Å²) in [5, 5.41) is 5.74. The predicted octanol–water partition coefficient (Wildman–Crippen LogP) is 3.60. The van der Waals surface area contributed by atoms with Crippen LogP contribution in [0.25, 0.3) is 0 Å². The SMILES string of the molecule is Cc1ccc(C(=O)NCc2ccc(CN3CCOCC3)cc2)cc1NC(=O)c1ccco1. The van der Waals surface area contributed by atoms with Crippen LogP contribution in [0.3, 0.4) is 0 Å². The van der Waals surface area contributed by atoms with Gasteiger partial charge in [0.05, 0.1) is 19.5 Å². The number of anilines is 1. The highest BCUT2D eigenvalue weighted by Gasteiger charge is 2.14. The van der Waals surface area contributed by atoms with Gasteiger partial charge in [0.25, 0.3) is 11.8 Å². The second-order valence-electron chi connectivity index (χ2n) is 7.85. The van der Waals surface area contributed by atoms with Crippen molar-refractivity contribution < 1.29 is 18.7 Å². The van der Waals surface area contributed by atoms with Crippen molar-refractivity contribution >= 4 is 17.5 Å². The molecule has 0 bridgehead atoms. The number of carbonyl (C=O) groups is 2. The topological polar surface area (TPSA) is 83.8 Å². The standard InChI is InChI=1S/C25H27N3O4/c1-18-4-9-21(15-22(18)27-25(30)23-3-2-12-32-23)24(29)26-16-19-5-7-20(8-6-19)17-28-10-13-31-14-11-28/h2-9,12,15H,10-11,13-14,16-17H2,1H3,(H,26,29)(H,27,30). The van der Waals surface area contributed by atoms with Crippen LogP contribution in [-0.4, -0.2) is 43.0 Å². The summed E-state index contributed by atoms with van der Waals surface area (Å²) in [4.78, 5) is 27.3. The summed E-state index contributed by atoms with van der Waals surface area (Å²) in [6.07, 6.45) is 1.45. The summed E-state index contributed by atoms with van der Waals surface area (Å²) in [5.41, 5.74) is 4.19. The van der Waals surface area contributed by atoms with E-state index >= 15 is 0 Å². The summed E-state index contributed by atoms with van der Waals surface area (Å²) in [7, 11) is 0. The van der Waals surface area contributed by atoms with Crippen LogP contribution >= 0.6 is 0 Å². The number of nitrogens with zero attached hydrogens (tertiary/aromatic N) is 1. The molecule has 2 amide bonds. The van der Waals surface area contributed by atoms with E-state index in [1.54, 1.807) is 24.3 Å². The van der Waals surface area contributed by atoms with E-state index < -0.39 is 0 Å². The molecule has 0 saturated carbocycles. The maximum absolute atomic E-state index is 12.7. The molecule has 166 valence electrons. The molecule has 7 nitrogen and oxygen atoms in total. The van der Waals surface area contributed by atoms with Gasteiger partial charge in [0.2, 0.25) is 0 Å². The lowest BCUT2D eigenvalue weighted by molar-refractivity contribution is 0.0342. The number of amides is 2. The van der Waals surface area contributed by atoms with Crippen LogP contribution in [0.1, 0.15) is 37.6 Å². The monoisotopic (exact) mass is 433 g/mol. The highest BCUT2D eigenvalue weighted by molar-refractivity contribution is 6.03. The third-order valence-corrected chi connectivity index (χ3v) is 5.48. The Kier molecular flexibility index (Phi) is 6.99. The Morgan fingerprint density at radius 3 is 2.44 bits per heavy atom. The summed E-state index contributed by atoms with van der Waals surface area (Å²) < 4.78 is 10.5. The first kappa shape index (κ1) is 21.8. The van der Waals surface area contributed by atoms with Gasteiger partial charge in [0.1, 0.15) is 0 Å². The summed E-state index contributed by atoms with van der Waals surface area (Å²) in [5.74, 6) is -0.333. The number of hydrogen-bond donors (Lipinski definition) is 2. The Hall–Kier alpha value is -3.42. The molecule has 2 aromatic carbocycles. The Labute approximate surface area is 187 Å². The molecule has 4 rings (SSSR count). The number of morpholine rings is 1. The normalized spacial score (nSPS) is 14.2. The molecule has 0 unspecified atom stereocenters. The second-order valence-corrected chi connectivity index (χ2v) is 7.85.